The average molecular weight is 304 g/mol. The molecule has 114 valence electrons. The van der Waals surface area contributed by atoms with E-state index in [-0.39, 0.29) is 0 Å². The van der Waals surface area contributed by atoms with E-state index in [1.54, 1.807) is 6.33 Å². The van der Waals surface area contributed by atoms with E-state index in [0.717, 1.165) is 22.8 Å². The van der Waals surface area contributed by atoms with Crippen LogP contribution in [0.1, 0.15) is 32.6 Å². The van der Waals surface area contributed by atoms with Crippen molar-refractivity contribution in [2.45, 2.75) is 38.6 Å². The third-order valence-corrected chi connectivity index (χ3v) is 5.71. The van der Waals surface area contributed by atoms with Crippen LogP contribution in [0, 0.1) is 5.92 Å². The highest BCUT2D eigenvalue weighted by atomic mass is 32.2. The Morgan fingerprint density at radius 2 is 2.24 bits per heavy atom. The molecular formula is C16H24N4S. The van der Waals surface area contributed by atoms with Gasteiger partial charge in [-0.1, -0.05) is 13.3 Å². The topological polar surface area (TPSA) is 44.8 Å². The van der Waals surface area contributed by atoms with Gasteiger partial charge in [-0.2, -0.15) is 11.8 Å². The predicted octanol–water partition coefficient (Wildman–Crippen LogP) is 3.71. The number of H-pyrrole nitrogens is 1. The number of nitrogens with zero attached hydrogens (tertiary/aromatic N) is 3. The van der Waals surface area contributed by atoms with Gasteiger partial charge in [-0.3, -0.25) is 0 Å². The van der Waals surface area contributed by atoms with Crippen molar-refractivity contribution in [1.29, 1.82) is 0 Å². The Balaban J connectivity index is 1.53. The zero-order valence-corrected chi connectivity index (χ0v) is 13.7. The van der Waals surface area contributed by atoms with Crippen molar-refractivity contribution in [3.05, 3.63) is 18.6 Å². The highest BCUT2D eigenvalue weighted by Crippen LogP contribution is 2.36. The summed E-state index contributed by atoms with van der Waals surface area (Å²) in [5.74, 6) is 4.60. The maximum atomic E-state index is 4.48. The van der Waals surface area contributed by atoms with Crippen molar-refractivity contribution in [2.75, 3.05) is 23.5 Å². The van der Waals surface area contributed by atoms with Gasteiger partial charge in [-0.05, 0) is 42.8 Å². The summed E-state index contributed by atoms with van der Waals surface area (Å²) in [6, 6.07) is 2.70. The molecule has 0 aliphatic heterocycles. The molecule has 2 aromatic rings. The minimum atomic E-state index is 0.634. The van der Waals surface area contributed by atoms with Crippen LogP contribution in [0.3, 0.4) is 0 Å². The fourth-order valence-electron chi connectivity index (χ4n) is 2.96. The molecule has 3 rings (SSSR count). The zero-order valence-electron chi connectivity index (χ0n) is 12.9. The van der Waals surface area contributed by atoms with Crippen LogP contribution in [0.25, 0.3) is 11.0 Å². The fraction of sp³-hybridized carbons (Fsp3) is 0.625. The Kier molecular flexibility index (Phi) is 4.68. The summed E-state index contributed by atoms with van der Waals surface area (Å²) < 4.78 is 0. The van der Waals surface area contributed by atoms with E-state index in [2.05, 4.69) is 51.7 Å². The molecular weight excluding hydrogens is 280 g/mol. The van der Waals surface area contributed by atoms with E-state index in [4.69, 9.17) is 0 Å². The van der Waals surface area contributed by atoms with Crippen LogP contribution in [-0.4, -0.2) is 39.5 Å². The van der Waals surface area contributed by atoms with Gasteiger partial charge in [0.1, 0.15) is 17.8 Å². The van der Waals surface area contributed by atoms with Gasteiger partial charge in [0.25, 0.3) is 0 Å². The van der Waals surface area contributed by atoms with Crippen LogP contribution in [0.4, 0.5) is 5.82 Å². The van der Waals surface area contributed by atoms with E-state index in [1.165, 1.54) is 37.2 Å². The lowest BCUT2D eigenvalue weighted by molar-refractivity contribution is 0.286. The molecule has 2 aromatic heterocycles. The van der Waals surface area contributed by atoms with Gasteiger partial charge >= 0.3 is 0 Å². The van der Waals surface area contributed by atoms with E-state index < -0.39 is 0 Å². The third-order valence-electron chi connectivity index (χ3n) is 4.42. The molecule has 1 N–H and O–H groups in total. The maximum absolute atomic E-state index is 4.48. The summed E-state index contributed by atoms with van der Waals surface area (Å²) in [6.07, 6.45) is 8.85. The van der Waals surface area contributed by atoms with Crippen LogP contribution in [0.2, 0.25) is 0 Å². The summed E-state index contributed by atoms with van der Waals surface area (Å²) in [5.41, 5.74) is 0.929. The maximum Gasteiger partial charge on any atom is 0.142 e. The Hall–Kier alpha value is -1.23. The lowest BCUT2D eigenvalue weighted by atomic mass is 9.81. The van der Waals surface area contributed by atoms with Crippen molar-refractivity contribution < 1.29 is 0 Å². The molecule has 21 heavy (non-hydrogen) atoms. The molecule has 0 radical (unpaired) electrons. The SMILES string of the molecule is CCCCSC[C@H]1C[C@@H](N(C)c2ncnc3[nH]ccc23)C1. The first kappa shape index (κ1) is 14.7. The second kappa shape index (κ2) is 6.69. The smallest absolute Gasteiger partial charge is 0.142 e. The lowest BCUT2D eigenvalue weighted by Gasteiger charge is -2.41. The average Bonchev–Trinajstić information content (AvgIpc) is 2.92. The first-order valence-corrected chi connectivity index (χ1v) is 9.03. The number of thioether (sulfide) groups is 1. The number of nitrogens with one attached hydrogen (secondary N) is 1. The highest BCUT2D eigenvalue weighted by Gasteiger charge is 2.32. The predicted molar refractivity (Wildman–Crippen MR) is 91.0 cm³/mol. The summed E-state index contributed by atoms with van der Waals surface area (Å²) >= 11 is 2.13. The fourth-order valence-corrected chi connectivity index (χ4v) is 4.23. The molecule has 0 saturated heterocycles. The molecule has 0 atom stereocenters. The Morgan fingerprint density at radius 1 is 1.38 bits per heavy atom. The molecule has 1 saturated carbocycles. The third kappa shape index (κ3) is 3.18. The number of fused-ring (bicyclic) bond motifs is 1. The Morgan fingerprint density at radius 3 is 3.05 bits per heavy atom. The van der Waals surface area contributed by atoms with E-state index >= 15 is 0 Å². The van der Waals surface area contributed by atoms with E-state index in [1.807, 2.05) is 6.20 Å². The van der Waals surface area contributed by atoms with Crippen LogP contribution < -0.4 is 4.90 Å². The van der Waals surface area contributed by atoms with E-state index in [0.29, 0.717) is 6.04 Å². The zero-order chi connectivity index (χ0) is 14.7. The van der Waals surface area contributed by atoms with Gasteiger partial charge in [0.15, 0.2) is 0 Å². The van der Waals surface area contributed by atoms with Gasteiger partial charge in [-0.25, -0.2) is 9.97 Å². The number of rotatable bonds is 7. The molecule has 0 bridgehead atoms. The monoisotopic (exact) mass is 304 g/mol. The van der Waals surface area contributed by atoms with Crippen LogP contribution in [0.5, 0.6) is 0 Å². The molecule has 1 aliphatic carbocycles. The summed E-state index contributed by atoms with van der Waals surface area (Å²) in [4.78, 5) is 14.2. The molecule has 1 aliphatic rings. The number of hydrogen-bond acceptors (Lipinski definition) is 4. The second-order valence-corrected chi connectivity index (χ2v) is 7.12. The van der Waals surface area contributed by atoms with Gasteiger partial charge in [-0.15, -0.1) is 0 Å². The molecule has 4 nitrogen and oxygen atoms in total. The molecule has 5 heteroatoms. The van der Waals surface area contributed by atoms with Gasteiger partial charge < -0.3 is 9.88 Å². The molecule has 1 fully saturated rings. The van der Waals surface area contributed by atoms with Crippen molar-refractivity contribution in [2.24, 2.45) is 5.92 Å². The lowest BCUT2D eigenvalue weighted by Crippen LogP contribution is -2.44. The highest BCUT2D eigenvalue weighted by molar-refractivity contribution is 7.99. The molecule has 0 aromatic carbocycles. The molecule has 2 heterocycles. The summed E-state index contributed by atoms with van der Waals surface area (Å²) in [6.45, 7) is 2.26. The minimum Gasteiger partial charge on any atom is -0.356 e. The number of unbranched alkanes of at least 4 members (excludes halogenated alkanes) is 1. The van der Waals surface area contributed by atoms with Crippen LogP contribution >= 0.6 is 11.8 Å². The van der Waals surface area contributed by atoms with Gasteiger partial charge in [0.2, 0.25) is 0 Å². The first-order valence-electron chi connectivity index (χ1n) is 7.88. The summed E-state index contributed by atoms with van der Waals surface area (Å²) in [7, 11) is 2.17. The van der Waals surface area contributed by atoms with Gasteiger partial charge in [0.05, 0.1) is 5.39 Å². The van der Waals surface area contributed by atoms with Crippen molar-refractivity contribution in [3.8, 4) is 0 Å². The molecule has 0 amide bonds. The van der Waals surface area contributed by atoms with Gasteiger partial charge in [0, 0.05) is 19.3 Å². The quantitative estimate of drug-likeness (QED) is 0.792. The number of hydrogen-bond donors (Lipinski definition) is 1. The minimum absolute atomic E-state index is 0.634. The van der Waals surface area contributed by atoms with Crippen molar-refractivity contribution in [3.63, 3.8) is 0 Å². The van der Waals surface area contributed by atoms with Crippen molar-refractivity contribution in [1.82, 2.24) is 15.0 Å². The molecule has 0 unspecified atom stereocenters. The normalized spacial score (nSPS) is 21.4. The Labute approximate surface area is 130 Å². The van der Waals surface area contributed by atoms with Crippen LogP contribution in [-0.2, 0) is 0 Å². The number of anilines is 1. The molecule has 0 spiro atoms. The summed E-state index contributed by atoms with van der Waals surface area (Å²) in [5, 5.41) is 1.13. The standard InChI is InChI=1S/C16H24N4S/c1-3-4-7-21-10-12-8-13(9-12)20(2)16-14-5-6-17-15(14)18-11-19-16/h5-6,11-13H,3-4,7-10H2,1-2H3,(H,17,18,19)/t12-,13+. The first-order chi connectivity index (χ1) is 10.3. The van der Waals surface area contributed by atoms with Crippen LogP contribution in [0.15, 0.2) is 18.6 Å². The largest absolute Gasteiger partial charge is 0.356 e. The number of aromatic nitrogens is 3. The van der Waals surface area contributed by atoms with Crippen molar-refractivity contribution >= 4 is 28.6 Å². The van der Waals surface area contributed by atoms with E-state index in [9.17, 15) is 0 Å². The number of aromatic amines is 1. The Bertz CT molecular complexity index is 576. The second-order valence-electron chi connectivity index (χ2n) is 5.97.